The molecule has 1 unspecified atom stereocenters. The van der Waals surface area contributed by atoms with E-state index in [9.17, 15) is 14.7 Å². The van der Waals surface area contributed by atoms with Crippen LogP contribution in [0.25, 0.3) is 11.1 Å². The van der Waals surface area contributed by atoms with Gasteiger partial charge in [-0.1, -0.05) is 49.2 Å². The molecule has 224 valence electrons. The molecule has 0 saturated heterocycles. The van der Waals surface area contributed by atoms with Gasteiger partial charge >= 0.3 is 12.1 Å². The molecule has 3 aromatic carbocycles. The molecular formula is C34H40FNO6. The lowest BCUT2D eigenvalue weighted by Gasteiger charge is -2.22. The number of ether oxygens (including phenoxy) is 3. The first-order valence-electron chi connectivity index (χ1n) is 14.5. The third-order valence-electron chi connectivity index (χ3n) is 7.17. The molecule has 4 rings (SSSR count). The normalized spacial score (nSPS) is 14.3. The number of carboxylic acids is 1. The van der Waals surface area contributed by atoms with Crippen LogP contribution in [0.4, 0.5) is 9.18 Å². The van der Waals surface area contributed by atoms with Crippen molar-refractivity contribution in [2.24, 2.45) is 5.92 Å². The monoisotopic (exact) mass is 577 g/mol. The summed E-state index contributed by atoms with van der Waals surface area (Å²) in [6.07, 6.45) is 3.90. The van der Waals surface area contributed by atoms with Crippen molar-refractivity contribution in [2.45, 2.75) is 78.0 Å². The van der Waals surface area contributed by atoms with E-state index in [0.29, 0.717) is 46.3 Å². The molecule has 2 N–H and O–H groups in total. The molecule has 0 bridgehead atoms. The van der Waals surface area contributed by atoms with Crippen molar-refractivity contribution < 1.29 is 33.3 Å². The van der Waals surface area contributed by atoms with E-state index >= 15 is 4.39 Å². The third kappa shape index (κ3) is 8.71. The van der Waals surface area contributed by atoms with Gasteiger partial charge in [-0.2, -0.15) is 0 Å². The maximum absolute atomic E-state index is 16.0. The molecule has 0 aliphatic heterocycles. The average molecular weight is 578 g/mol. The number of hydrogen-bond acceptors (Lipinski definition) is 5. The van der Waals surface area contributed by atoms with E-state index in [1.165, 1.54) is 12.8 Å². The number of para-hydroxylation sites is 1. The number of halogens is 1. The molecule has 0 aromatic heterocycles. The second kappa shape index (κ2) is 13.7. The number of benzene rings is 3. The van der Waals surface area contributed by atoms with Gasteiger partial charge in [0.05, 0.1) is 19.1 Å². The molecule has 0 spiro atoms. The van der Waals surface area contributed by atoms with Gasteiger partial charge in [0.25, 0.3) is 0 Å². The summed E-state index contributed by atoms with van der Waals surface area (Å²) in [6, 6.07) is 17.0. The summed E-state index contributed by atoms with van der Waals surface area (Å²) in [7, 11) is 0. The summed E-state index contributed by atoms with van der Waals surface area (Å²) in [4.78, 5) is 23.6. The number of nitrogens with one attached hydrogen (secondary N) is 1. The van der Waals surface area contributed by atoms with Gasteiger partial charge < -0.3 is 24.6 Å². The molecule has 1 aliphatic rings. The van der Waals surface area contributed by atoms with Crippen LogP contribution in [0, 0.1) is 11.7 Å². The summed E-state index contributed by atoms with van der Waals surface area (Å²) < 4.78 is 33.6. The quantitative estimate of drug-likeness (QED) is 0.241. The first-order chi connectivity index (χ1) is 20.0. The van der Waals surface area contributed by atoms with Crippen LogP contribution in [0.3, 0.4) is 0 Å². The van der Waals surface area contributed by atoms with E-state index in [2.05, 4.69) is 5.32 Å². The average Bonchev–Trinajstić information content (AvgIpc) is 3.44. The second-order valence-electron chi connectivity index (χ2n) is 11.9. The summed E-state index contributed by atoms with van der Waals surface area (Å²) in [5.74, 6) is 0.195. The molecular weight excluding hydrogens is 537 g/mol. The Kier molecular flexibility index (Phi) is 10.1. The van der Waals surface area contributed by atoms with Crippen molar-refractivity contribution >= 4 is 12.1 Å². The molecule has 3 aromatic rings. The molecule has 1 saturated carbocycles. The van der Waals surface area contributed by atoms with Gasteiger partial charge in [0, 0.05) is 16.7 Å². The molecule has 1 aliphatic carbocycles. The number of aliphatic carboxylic acids is 1. The molecule has 8 heteroatoms. The van der Waals surface area contributed by atoms with Gasteiger partial charge in [0.15, 0.2) is 0 Å². The van der Waals surface area contributed by atoms with Crippen molar-refractivity contribution in [2.75, 3.05) is 6.61 Å². The first kappa shape index (κ1) is 30.9. The zero-order valence-corrected chi connectivity index (χ0v) is 24.7. The van der Waals surface area contributed by atoms with Crippen LogP contribution in [-0.2, 0) is 22.6 Å². The Balaban J connectivity index is 1.61. The molecule has 1 fully saturated rings. The molecule has 42 heavy (non-hydrogen) atoms. The predicted octanol–water partition coefficient (Wildman–Crippen LogP) is 7.85. The van der Waals surface area contributed by atoms with Crippen LogP contribution in [0.15, 0.2) is 60.7 Å². The van der Waals surface area contributed by atoms with Crippen LogP contribution in [-0.4, -0.2) is 29.4 Å². The fourth-order valence-corrected chi connectivity index (χ4v) is 5.16. The Labute approximate surface area is 247 Å². The minimum atomic E-state index is -0.943. The minimum absolute atomic E-state index is 0.141. The van der Waals surface area contributed by atoms with Crippen LogP contribution >= 0.6 is 0 Å². The van der Waals surface area contributed by atoms with E-state index in [4.69, 9.17) is 14.2 Å². The Morgan fingerprint density at radius 2 is 1.76 bits per heavy atom. The van der Waals surface area contributed by atoms with Gasteiger partial charge in [-0.15, -0.1) is 0 Å². The van der Waals surface area contributed by atoms with E-state index < -0.39 is 29.5 Å². The van der Waals surface area contributed by atoms with E-state index in [-0.39, 0.29) is 13.0 Å². The topological polar surface area (TPSA) is 94.1 Å². The highest BCUT2D eigenvalue weighted by Gasteiger charge is 2.22. The van der Waals surface area contributed by atoms with Crippen LogP contribution < -0.4 is 14.8 Å². The van der Waals surface area contributed by atoms with Crippen molar-refractivity contribution in [3.05, 3.63) is 83.2 Å². The zero-order chi connectivity index (χ0) is 30.3. The second-order valence-corrected chi connectivity index (χ2v) is 11.9. The number of carbonyl (C=O) groups excluding carboxylic acids is 1. The van der Waals surface area contributed by atoms with Crippen LogP contribution in [0.2, 0.25) is 0 Å². The molecule has 1 amide bonds. The standard InChI is InChI=1S/C34H40FNO6/c1-22(36-33(39)42-34(2,3)4)28-13-9-14-29(32(28)35)26-16-24(17-27(18-26)40-20-23-10-5-6-11-23)21-41-30-15-8-7-12-25(30)19-31(37)38/h7-9,12-18,22-23H,5-6,10-11,19-21H2,1-4H3,(H,36,39)(H,37,38). The molecule has 7 nitrogen and oxygen atoms in total. The van der Waals surface area contributed by atoms with Crippen molar-refractivity contribution in [1.82, 2.24) is 5.32 Å². The fourth-order valence-electron chi connectivity index (χ4n) is 5.16. The highest BCUT2D eigenvalue weighted by Crippen LogP contribution is 2.33. The number of rotatable bonds is 11. The van der Waals surface area contributed by atoms with Crippen molar-refractivity contribution in [1.29, 1.82) is 0 Å². The smallest absolute Gasteiger partial charge is 0.408 e. The SMILES string of the molecule is CC(NC(=O)OC(C)(C)C)c1cccc(-c2cc(COc3ccccc3CC(=O)O)cc(OCC3CCCC3)c2)c1F. The summed E-state index contributed by atoms with van der Waals surface area (Å²) >= 11 is 0. The van der Waals surface area contributed by atoms with Gasteiger partial charge in [-0.05, 0) is 81.8 Å². The third-order valence-corrected chi connectivity index (χ3v) is 7.17. The molecule has 0 radical (unpaired) electrons. The van der Waals surface area contributed by atoms with Gasteiger partial charge in [0.2, 0.25) is 0 Å². The lowest BCUT2D eigenvalue weighted by Crippen LogP contribution is -2.34. The zero-order valence-electron chi connectivity index (χ0n) is 24.7. The lowest BCUT2D eigenvalue weighted by molar-refractivity contribution is -0.136. The van der Waals surface area contributed by atoms with E-state index in [1.807, 2.05) is 18.2 Å². The van der Waals surface area contributed by atoms with Crippen LogP contribution in [0.1, 0.15) is 76.1 Å². The number of carboxylic acid groups (broad SMARTS) is 1. The van der Waals surface area contributed by atoms with Crippen LogP contribution in [0.5, 0.6) is 11.5 Å². The van der Waals surface area contributed by atoms with Gasteiger partial charge in [-0.25, -0.2) is 9.18 Å². The number of carbonyl (C=O) groups is 2. The number of alkyl carbamates (subject to hydrolysis) is 1. The Bertz CT molecular complexity index is 1390. The maximum Gasteiger partial charge on any atom is 0.408 e. The van der Waals surface area contributed by atoms with Crippen molar-refractivity contribution in [3.63, 3.8) is 0 Å². The minimum Gasteiger partial charge on any atom is -0.493 e. The largest absolute Gasteiger partial charge is 0.493 e. The molecule has 1 atom stereocenters. The first-order valence-corrected chi connectivity index (χ1v) is 14.5. The van der Waals surface area contributed by atoms with E-state index in [0.717, 1.165) is 18.4 Å². The predicted molar refractivity (Wildman–Crippen MR) is 159 cm³/mol. The highest BCUT2D eigenvalue weighted by molar-refractivity contribution is 5.72. The summed E-state index contributed by atoms with van der Waals surface area (Å²) in [5, 5.41) is 12.0. The van der Waals surface area contributed by atoms with Crippen molar-refractivity contribution in [3.8, 4) is 22.6 Å². The highest BCUT2D eigenvalue weighted by atomic mass is 19.1. The Morgan fingerprint density at radius 3 is 2.48 bits per heavy atom. The van der Waals surface area contributed by atoms with Gasteiger partial charge in [-0.3, -0.25) is 4.79 Å². The van der Waals surface area contributed by atoms with Gasteiger partial charge in [0.1, 0.15) is 29.5 Å². The Morgan fingerprint density at radius 1 is 1.02 bits per heavy atom. The Hall–Kier alpha value is -4.07. The fraction of sp³-hybridized carbons (Fsp3) is 0.412. The number of hydrogen-bond donors (Lipinski definition) is 2. The summed E-state index contributed by atoms with van der Waals surface area (Å²) in [6.45, 7) is 7.75. The number of amides is 1. The maximum atomic E-state index is 16.0. The molecule has 0 heterocycles. The summed E-state index contributed by atoms with van der Waals surface area (Å²) in [5.41, 5.74) is 1.96. The lowest BCUT2D eigenvalue weighted by atomic mass is 9.97. The van der Waals surface area contributed by atoms with E-state index in [1.54, 1.807) is 70.2 Å².